The van der Waals surface area contributed by atoms with Crippen LogP contribution in [0, 0.1) is 5.92 Å². The van der Waals surface area contributed by atoms with Crippen LogP contribution >= 0.6 is 11.6 Å². The van der Waals surface area contributed by atoms with Crippen molar-refractivity contribution in [3.63, 3.8) is 0 Å². The van der Waals surface area contributed by atoms with Gasteiger partial charge < -0.3 is 5.32 Å². The van der Waals surface area contributed by atoms with Crippen molar-refractivity contribution in [3.8, 4) is 0 Å². The molecule has 7 nitrogen and oxygen atoms in total. The number of carbonyl (C=O) groups is 2. The molecule has 0 bridgehead atoms. The first-order chi connectivity index (χ1) is 15.7. The summed E-state index contributed by atoms with van der Waals surface area (Å²) >= 11 is 6.07. The Labute approximate surface area is 199 Å². The summed E-state index contributed by atoms with van der Waals surface area (Å²) in [5.41, 5.74) is 1.59. The molecule has 4 rings (SSSR count). The molecule has 2 aliphatic heterocycles. The third-order valence-electron chi connectivity index (χ3n) is 6.39. The first kappa shape index (κ1) is 23.7. The van der Waals surface area contributed by atoms with Gasteiger partial charge in [-0.05, 0) is 67.7 Å². The predicted octanol–water partition coefficient (Wildman–Crippen LogP) is 3.61. The van der Waals surface area contributed by atoms with Crippen molar-refractivity contribution in [3.05, 3.63) is 64.7 Å². The molecule has 2 fully saturated rings. The SMILES string of the molecule is CC1CCN([C@@H](CNC(=O)c2cccc(N3C(=O)CCS3(=O)=O)c2)c2ccc(Cl)cc2)CC1. The third-order valence-corrected chi connectivity index (χ3v) is 8.33. The third kappa shape index (κ3) is 5.39. The molecule has 1 atom stereocenters. The molecule has 176 valence electrons. The standard InChI is InChI=1S/C24H28ClN3O4S/c1-17-9-12-27(13-10-17)22(18-5-7-20(25)8-6-18)16-26-24(30)19-3-2-4-21(15-19)28-23(29)11-14-33(28,31)32/h2-8,15,17,22H,9-14,16H2,1H3,(H,26,30)/t22-/m0/s1. The van der Waals surface area contributed by atoms with E-state index < -0.39 is 15.9 Å². The second-order valence-electron chi connectivity index (χ2n) is 8.77. The Morgan fingerprint density at radius 2 is 1.85 bits per heavy atom. The minimum absolute atomic E-state index is 0.00226. The van der Waals surface area contributed by atoms with E-state index in [0.29, 0.717) is 23.0 Å². The van der Waals surface area contributed by atoms with Gasteiger partial charge in [0.2, 0.25) is 15.9 Å². The average Bonchev–Trinajstić information content (AvgIpc) is 3.08. The van der Waals surface area contributed by atoms with Crippen molar-refractivity contribution in [2.45, 2.75) is 32.2 Å². The summed E-state index contributed by atoms with van der Waals surface area (Å²) in [6.07, 6.45) is 2.17. The van der Waals surface area contributed by atoms with E-state index in [9.17, 15) is 18.0 Å². The Balaban J connectivity index is 1.50. The topological polar surface area (TPSA) is 86.8 Å². The van der Waals surface area contributed by atoms with E-state index in [4.69, 9.17) is 11.6 Å². The van der Waals surface area contributed by atoms with Crippen LogP contribution in [0.25, 0.3) is 0 Å². The van der Waals surface area contributed by atoms with Gasteiger partial charge in [0, 0.05) is 23.6 Å². The quantitative estimate of drug-likeness (QED) is 0.669. The number of rotatable bonds is 6. The molecule has 0 spiro atoms. The molecule has 0 saturated carbocycles. The highest BCUT2D eigenvalue weighted by atomic mass is 35.5. The minimum atomic E-state index is -3.68. The summed E-state index contributed by atoms with van der Waals surface area (Å²) in [5.74, 6) is -0.312. The van der Waals surface area contributed by atoms with E-state index in [1.54, 1.807) is 12.1 Å². The van der Waals surface area contributed by atoms with E-state index >= 15 is 0 Å². The molecule has 0 aromatic heterocycles. The number of benzene rings is 2. The average molecular weight is 490 g/mol. The lowest BCUT2D eigenvalue weighted by Crippen LogP contribution is -2.42. The van der Waals surface area contributed by atoms with Crippen molar-refractivity contribution in [2.75, 3.05) is 29.7 Å². The summed E-state index contributed by atoms with van der Waals surface area (Å²) in [4.78, 5) is 27.5. The molecular formula is C24H28ClN3O4S. The molecule has 33 heavy (non-hydrogen) atoms. The molecule has 0 radical (unpaired) electrons. The number of carbonyl (C=O) groups excluding carboxylic acids is 2. The second-order valence-corrected chi connectivity index (χ2v) is 11.1. The van der Waals surface area contributed by atoms with Crippen LogP contribution in [0.15, 0.2) is 48.5 Å². The number of likely N-dealkylation sites (tertiary alicyclic amines) is 1. The molecule has 9 heteroatoms. The van der Waals surface area contributed by atoms with Gasteiger partial charge in [0.05, 0.1) is 17.5 Å². The van der Waals surface area contributed by atoms with Gasteiger partial charge in [0.1, 0.15) is 0 Å². The summed E-state index contributed by atoms with van der Waals surface area (Å²) in [7, 11) is -3.68. The zero-order valence-electron chi connectivity index (χ0n) is 18.5. The molecule has 2 saturated heterocycles. The van der Waals surface area contributed by atoms with Crippen LogP contribution in [0.5, 0.6) is 0 Å². The molecule has 0 unspecified atom stereocenters. The molecule has 1 N–H and O–H groups in total. The number of halogens is 1. The summed E-state index contributed by atoms with van der Waals surface area (Å²) < 4.78 is 25.3. The van der Waals surface area contributed by atoms with Crippen molar-refractivity contribution >= 4 is 39.1 Å². The maximum absolute atomic E-state index is 13.0. The zero-order valence-corrected chi connectivity index (χ0v) is 20.1. The van der Waals surface area contributed by atoms with Crippen LogP contribution in [-0.4, -0.2) is 50.5 Å². The molecule has 2 heterocycles. The molecule has 2 aromatic carbocycles. The first-order valence-corrected chi connectivity index (χ1v) is 13.2. The Morgan fingerprint density at radius 1 is 1.15 bits per heavy atom. The van der Waals surface area contributed by atoms with E-state index in [1.165, 1.54) is 12.1 Å². The number of nitrogens with one attached hydrogen (secondary N) is 1. The van der Waals surface area contributed by atoms with E-state index in [0.717, 1.165) is 35.8 Å². The molecular weight excluding hydrogens is 462 g/mol. The van der Waals surface area contributed by atoms with Crippen LogP contribution < -0.4 is 9.62 Å². The summed E-state index contributed by atoms with van der Waals surface area (Å²) in [5, 5.41) is 3.67. The lowest BCUT2D eigenvalue weighted by Gasteiger charge is -2.37. The van der Waals surface area contributed by atoms with Gasteiger partial charge in [-0.3, -0.25) is 14.5 Å². The van der Waals surface area contributed by atoms with Gasteiger partial charge in [-0.25, -0.2) is 12.7 Å². The van der Waals surface area contributed by atoms with Gasteiger partial charge in [-0.1, -0.05) is 36.7 Å². The van der Waals surface area contributed by atoms with Crippen molar-refractivity contribution in [1.82, 2.24) is 10.2 Å². The highest BCUT2D eigenvalue weighted by Crippen LogP contribution is 2.28. The van der Waals surface area contributed by atoms with Gasteiger partial charge >= 0.3 is 0 Å². The van der Waals surface area contributed by atoms with Crippen LogP contribution in [0.1, 0.15) is 48.1 Å². The fourth-order valence-corrected chi connectivity index (χ4v) is 5.99. The van der Waals surface area contributed by atoms with Crippen LogP contribution in [0.3, 0.4) is 0 Å². The van der Waals surface area contributed by atoms with Gasteiger partial charge in [0.25, 0.3) is 5.91 Å². The van der Waals surface area contributed by atoms with Gasteiger partial charge in [0.15, 0.2) is 0 Å². The van der Waals surface area contributed by atoms with Gasteiger partial charge in [-0.2, -0.15) is 0 Å². The van der Waals surface area contributed by atoms with Crippen LogP contribution in [0.2, 0.25) is 5.02 Å². The highest BCUT2D eigenvalue weighted by molar-refractivity contribution is 7.94. The fraction of sp³-hybridized carbons (Fsp3) is 0.417. The Kier molecular flexibility index (Phi) is 7.07. The summed E-state index contributed by atoms with van der Waals surface area (Å²) in [6, 6.07) is 13.9. The smallest absolute Gasteiger partial charge is 0.251 e. The van der Waals surface area contributed by atoms with Crippen LogP contribution in [-0.2, 0) is 14.8 Å². The largest absolute Gasteiger partial charge is 0.350 e. The van der Waals surface area contributed by atoms with Gasteiger partial charge in [-0.15, -0.1) is 0 Å². The highest BCUT2D eigenvalue weighted by Gasteiger charge is 2.36. The van der Waals surface area contributed by atoms with Crippen molar-refractivity contribution in [1.29, 1.82) is 0 Å². The number of hydrogen-bond acceptors (Lipinski definition) is 5. The predicted molar refractivity (Wildman–Crippen MR) is 129 cm³/mol. The number of hydrogen-bond donors (Lipinski definition) is 1. The Morgan fingerprint density at radius 3 is 2.48 bits per heavy atom. The Bertz CT molecular complexity index is 1130. The fourth-order valence-electron chi connectivity index (χ4n) is 4.42. The van der Waals surface area contributed by atoms with Crippen molar-refractivity contribution < 1.29 is 18.0 Å². The molecule has 2 aromatic rings. The van der Waals surface area contributed by atoms with Crippen LogP contribution in [0.4, 0.5) is 5.69 Å². The molecule has 2 amide bonds. The number of sulfonamides is 1. The van der Waals surface area contributed by atoms with E-state index in [1.807, 2.05) is 24.3 Å². The monoisotopic (exact) mass is 489 g/mol. The lowest BCUT2D eigenvalue weighted by atomic mass is 9.95. The van der Waals surface area contributed by atoms with Crippen molar-refractivity contribution in [2.24, 2.45) is 5.92 Å². The number of amides is 2. The normalized spacial score (nSPS) is 20.1. The zero-order chi connectivity index (χ0) is 23.6. The minimum Gasteiger partial charge on any atom is -0.350 e. The molecule has 2 aliphatic rings. The second kappa shape index (κ2) is 9.83. The molecule has 0 aliphatic carbocycles. The maximum atomic E-state index is 13.0. The first-order valence-electron chi connectivity index (χ1n) is 11.2. The lowest BCUT2D eigenvalue weighted by molar-refractivity contribution is -0.116. The van der Waals surface area contributed by atoms with E-state index in [2.05, 4.69) is 17.1 Å². The Hall–Kier alpha value is -2.42. The number of anilines is 1. The number of piperidine rings is 1. The summed E-state index contributed by atoms with van der Waals surface area (Å²) in [6.45, 7) is 4.57. The number of nitrogens with zero attached hydrogens (tertiary/aromatic N) is 2. The van der Waals surface area contributed by atoms with E-state index in [-0.39, 0.29) is 29.8 Å². The maximum Gasteiger partial charge on any atom is 0.251 e.